The van der Waals surface area contributed by atoms with E-state index in [9.17, 15) is 0 Å². The van der Waals surface area contributed by atoms with Crippen molar-refractivity contribution in [3.63, 3.8) is 0 Å². The number of rotatable bonds is 5. The summed E-state index contributed by atoms with van der Waals surface area (Å²) in [6.45, 7) is 1.78. The van der Waals surface area contributed by atoms with Crippen molar-refractivity contribution in [2.45, 2.75) is 25.0 Å². The number of nitrogens with one attached hydrogen (secondary N) is 1. The molecule has 5 nitrogen and oxygen atoms in total. The van der Waals surface area contributed by atoms with E-state index in [0.29, 0.717) is 6.04 Å². The summed E-state index contributed by atoms with van der Waals surface area (Å²) in [4.78, 5) is 1.32. The summed E-state index contributed by atoms with van der Waals surface area (Å²) in [6, 6.07) is 2.47. The Morgan fingerprint density at radius 3 is 3.26 bits per heavy atom. The Morgan fingerprint density at radius 2 is 2.53 bits per heavy atom. The van der Waals surface area contributed by atoms with Gasteiger partial charge in [0.1, 0.15) is 6.10 Å². The second kappa shape index (κ2) is 5.81. The van der Waals surface area contributed by atoms with E-state index >= 15 is 0 Å². The molecule has 3 heterocycles. The standard InChI is InChI=1S/C13H18N4OS/c1-17-9-10(8-15-17)13-12(4-7-18-13)14-5-2-11-3-6-16-19-11/h3,6,8-9,12-14H,2,4-5,7H2,1H3/t12-,13+/m1/s1. The van der Waals surface area contributed by atoms with Crippen LogP contribution in [0.2, 0.25) is 0 Å². The summed E-state index contributed by atoms with van der Waals surface area (Å²) in [5.74, 6) is 0. The number of hydrogen-bond donors (Lipinski definition) is 1. The van der Waals surface area contributed by atoms with E-state index in [2.05, 4.69) is 20.9 Å². The van der Waals surface area contributed by atoms with Gasteiger partial charge in [-0.25, -0.2) is 4.37 Å². The Morgan fingerprint density at radius 1 is 1.58 bits per heavy atom. The maximum Gasteiger partial charge on any atom is 0.101 e. The van der Waals surface area contributed by atoms with Crippen LogP contribution >= 0.6 is 11.5 Å². The monoisotopic (exact) mass is 278 g/mol. The second-order valence-electron chi connectivity index (χ2n) is 4.82. The van der Waals surface area contributed by atoms with Crippen molar-refractivity contribution in [3.8, 4) is 0 Å². The quantitative estimate of drug-likeness (QED) is 0.901. The van der Waals surface area contributed by atoms with Crippen LogP contribution in [0.4, 0.5) is 0 Å². The van der Waals surface area contributed by atoms with Gasteiger partial charge in [0.05, 0.1) is 6.20 Å². The van der Waals surface area contributed by atoms with Crippen LogP contribution in [0.3, 0.4) is 0 Å². The largest absolute Gasteiger partial charge is 0.372 e. The third-order valence-electron chi connectivity index (χ3n) is 3.41. The first-order valence-electron chi connectivity index (χ1n) is 6.56. The number of aromatic nitrogens is 3. The molecule has 0 saturated carbocycles. The summed E-state index contributed by atoms with van der Waals surface area (Å²) < 4.78 is 11.8. The van der Waals surface area contributed by atoms with Crippen LogP contribution in [-0.4, -0.2) is 33.3 Å². The third kappa shape index (κ3) is 3.02. The number of hydrogen-bond acceptors (Lipinski definition) is 5. The number of ether oxygens (including phenoxy) is 1. The average Bonchev–Trinajstić information content (AvgIpc) is 3.10. The molecular weight excluding hydrogens is 260 g/mol. The second-order valence-corrected chi connectivity index (χ2v) is 5.73. The minimum Gasteiger partial charge on any atom is -0.372 e. The van der Waals surface area contributed by atoms with Gasteiger partial charge in [-0.05, 0) is 30.4 Å². The van der Waals surface area contributed by atoms with Gasteiger partial charge in [0.15, 0.2) is 0 Å². The molecule has 0 bridgehead atoms. The Labute approximate surface area is 116 Å². The molecule has 1 saturated heterocycles. The van der Waals surface area contributed by atoms with E-state index in [4.69, 9.17) is 4.74 Å². The zero-order chi connectivity index (χ0) is 13.1. The topological polar surface area (TPSA) is 52.0 Å². The lowest BCUT2D eigenvalue weighted by Gasteiger charge is -2.18. The van der Waals surface area contributed by atoms with Crippen molar-refractivity contribution in [1.82, 2.24) is 19.5 Å². The van der Waals surface area contributed by atoms with Gasteiger partial charge in [-0.15, -0.1) is 0 Å². The van der Waals surface area contributed by atoms with E-state index in [1.165, 1.54) is 4.88 Å². The SMILES string of the molecule is Cn1cc([C@@H]2OCC[C@H]2NCCc2ccns2)cn1. The summed E-state index contributed by atoms with van der Waals surface area (Å²) in [5.41, 5.74) is 1.16. The van der Waals surface area contributed by atoms with E-state index < -0.39 is 0 Å². The maximum atomic E-state index is 5.83. The van der Waals surface area contributed by atoms with Gasteiger partial charge in [0, 0.05) is 49.1 Å². The van der Waals surface area contributed by atoms with Gasteiger partial charge in [-0.3, -0.25) is 4.68 Å². The highest BCUT2D eigenvalue weighted by molar-refractivity contribution is 7.05. The molecule has 1 fully saturated rings. The van der Waals surface area contributed by atoms with Crippen LogP contribution in [0.5, 0.6) is 0 Å². The van der Waals surface area contributed by atoms with Crippen LogP contribution in [0, 0.1) is 0 Å². The lowest BCUT2D eigenvalue weighted by molar-refractivity contribution is 0.0988. The minimum absolute atomic E-state index is 0.134. The van der Waals surface area contributed by atoms with Gasteiger partial charge < -0.3 is 10.1 Å². The first kappa shape index (κ1) is 12.8. The maximum absolute atomic E-state index is 5.83. The number of nitrogens with zero attached hydrogens (tertiary/aromatic N) is 3. The minimum atomic E-state index is 0.134. The highest BCUT2D eigenvalue weighted by Gasteiger charge is 2.29. The van der Waals surface area contributed by atoms with Gasteiger partial charge in [0.2, 0.25) is 0 Å². The lowest BCUT2D eigenvalue weighted by Crippen LogP contribution is -2.33. The molecule has 3 rings (SSSR count). The highest BCUT2D eigenvalue weighted by Crippen LogP contribution is 2.28. The molecule has 19 heavy (non-hydrogen) atoms. The van der Waals surface area contributed by atoms with Crippen LogP contribution in [0.15, 0.2) is 24.7 Å². The van der Waals surface area contributed by atoms with E-state index in [-0.39, 0.29) is 6.10 Å². The van der Waals surface area contributed by atoms with Crippen molar-refractivity contribution in [3.05, 3.63) is 35.1 Å². The molecule has 0 aliphatic carbocycles. The zero-order valence-corrected chi connectivity index (χ0v) is 11.8. The molecule has 2 atom stereocenters. The molecule has 6 heteroatoms. The number of aryl methyl sites for hydroxylation is 1. The summed E-state index contributed by atoms with van der Waals surface area (Å²) in [5, 5.41) is 7.81. The smallest absolute Gasteiger partial charge is 0.101 e. The van der Waals surface area contributed by atoms with Gasteiger partial charge >= 0.3 is 0 Å². The van der Waals surface area contributed by atoms with Crippen molar-refractivity contribution < 1.29 is 4.74 Å². The Kier molecular flexibility index (Phi) is 3.91. The molecule has 2 aromatic rings. The van der Waals surface area contributed by atoms with Gasteiger partial charge in [-0.2, -0.15) is 5.10 Å². The Hall–Kier alpha value is -1.24. The predicted octanol–water partition coefficient (Wildman–Crippen LogP) is 1.54. The van der Waals surface area contributed by atoms with Crippen LogP contribution in [-0.2, 0) is 18.2 Å². The van der Waals surface area contributed by atoms with Crippen molar-refractivity contribution >= 4 is 11.5 Å². The van der Waals surface area contributed by atoms with E-state index in [1.807, 2.05) is 30.3 Å². The molecule has 102 valence electrons. The fourth-order valence-electron chi connectivity index (χ4n) is 2.47. The normalized spacial score (nSPS) is 23.0. The summed E-state index contributed by atoms with van der Waals surface area (Å²) in [7, 11) is 1.94. The fourth-order valence-corrected chi connectivity index (χ4v) is 3.04. The molecule has 0 unspecified atom stereocenters. The van der Waals surface area contributed by atoms with Crippen LogP contribution < -0.4 is 5.32 Å². The zero-order valence-electron chi connectivity index (χ0n) is 11.0. The van der Waals surface area contributed by atoms with Crippen molar-refractivity contribution in [1.29, 1.82) is 0 Å². The third-order valence-corrected chi connectivity index (χ3v) is 4.22. The van der Waals surface area contributed by atoms with E-state index in [0.717, 1.165) is 31.6 Å². The molecule has 1 aliphatic rings. The van der Waals surface area contributed by atoms with Crippen molar-refractivity contribution in [2.24, 2.45) is 7.05 Å². The molecule has 0 spiro atoms. The molecule has 0 amide bonds. The lowest BCUT2D eigenvalue weighted by atomic mass is 10.1. The van der Waals surface area contributed by atoms with Crippen molar-refractivity contribution in [2.75, 3.05) is 13.2 Å². The molecule has 1 N–H and O–H groups in total. The fraction of sp³-hybridized carbons (Fsp3) is 0.538. The van der Waals surface area contributed by atoms with Gasteiger partial charge in [0.25, 0.3) is 0 Å². The molecule has 1 aliphatic heterocycles. The molecular formula is C13H18N4OS. The average molecular weight is 278 g/mol. The Balaban J connectivity index is 1.55. The first-order chi connectivity index (χ1) is 9.33. The first-order valence-corrected chi connectivity index (χ1v) is 7.33. The Bertz CT molecular complexity index is 510. The summed E-state index contributed by atoms with van der Waals surface area (Å²) >= 11 is 1.57. The molecule has 0 aromatic carbocycles. The predicted molar refractivity (Wildman–Crippen MR) is 74.1 cm³/mol. The van der Waals surface area contributed by atoms with Gasteiger partial charge in [-0.1, -0.05) is 0 Å². The highest BCUT2D eigenvalue weighted by atomic mass is 32.1. The summed E-state index contributed by atoms with van der Waals surface area (Å²) in [6.07, 6.45) is 8.01. The van der Waals surface area contributed by atoms with E-state index in [1.54, 1.807) is 11.5 Å². The van der Waals surface area contributed by atoms with Crippen LogP contribution in [0.1, 0.15) is 23.0 Å². The molecule has 0 radical (unpaired) electrons. The molecule has 2 aromatic heterocycles. The van der Waals surface area contributed by atoms with Crippen LogP contribution in [0.25, 0.3) is 0 Å².